The number of carboxylic acid groups (broad SMARTS) is 1. The molecule has 4 aliphatic rings. The Bertz CT molecular complexity index is 1190. The minimum absolute atomic E-state index is 0. The maximum Gasteiger partial charge on any atom is 1.00 e. The molecule has 0 aromatic heterocycles. The van der Waals surface area contributed by atoms with Gasteiger partial charge in [-0.2, -0.15) is 0 Å². The second kappa shape index (κ2) is 12.7. The molecule has 0 radical (unpaired) electrons. The first-order valence-electron chi connectivity index (χ1n) is 15.7. The van der Waals surface area contributed by atoms with Crippen molar-refractivity contribution in [3.63, 3.8) is 0 Å². The quantitative estimate of drug-likeness (QED) is 0.351. The number of esters is 1. The third-order valence-corrected chi connectivity index (χ3v) is 11.7. The number of allylic oxidation sites excluding steroid dienone is 1. The molecule has 0 unspecified atom stereocenters. The molecule has 0 heterocycles. The number of carboxylic acids is 1. The van der Waals surface area contributed by atoms with Crippen LogP contribution >= 0.6 is 0 Å². The summed E-state index contributed by atoms with van der Waals surface area (Å²) in [6, 6.07) is 6.02. The van der Waals surface area contributed by atoms with E-state index >= 15 is 0 Å². The topological polar surface area (TPSA) is 83.5 Å². The number of fused-ring (bicyclic) bond motifs is 5. The molecule has 3 saturated carbocycles. The van der Waals surface area contributed by atoms with Crippen LogP contribution in [0, 0.1) is 46.3 Å². The molecule has 0 N–H and O–H groups in total. The maximum atomic E-state index is 13.8. The summed E-state index contributed by atoms with van der Waals surface area (Å²) in [4.78, 5) is 38.2. The van der Waals surface area contributed by atoms with E-state index in [9.17, 15) is 19.5 Å². The summed E-state index contributed by atoms with van der Waals surface area (Å²) in [5, 5.41) is 11.5. The van der Waals surface area contributed by atoms with Crippen molar-refractivity contribution in [2.24, 2.45) is 46.3 Å². The summed E-state index contributed by atoms with van der Waals surface area (Å²) < 4.78 is 5.82. The van der Waals surface area contributed by atoms with Gasteiger partial charge in [-0.05, 0) is 91.1 Å². The first-order valence-corrected chi connectivity index (χ1v) is 15.7. The van der Waals surface area contributed by atoms with Gasteiger partial charge in [-0.15, -0.1) is 0 Å². The van der Waals surface area contributed by atoms with Gasteiger partial charge in [-0.25, -0.2) is 4.79 Å². The van der Waals surface area contributed by atoms with Gasteiger partial charge in [0.15, 0.2) is 5.78 Å². The van der Waals surface area contributed by atoms with E-state index in [0.29, 0.717) is 30.1 Å². The molecule has 3 fully saturated rings. The molecule has 1 aromatic rings. The molecule has 218 valence electrons. The normalized spacial score (nSPS) is 34.9. The predicted octanol–water partition coefficient (Wildman–Crippen LogP) is 3.80. The second-order valence-corrected chi connectivity index (χ2v) is 14.4. The van der Waals surface area contributed by atoms with Crippen molar-refractivity contribution in [1.82, 2.24) is 0 Å². The number of benzene rings is 1. The average Bonchev–Trinajstić information content (AvgIpc) is 3.26. The molecule has 0 amide bonds. The van der Waals surface area contributed by atoms with Crippen LogP contribution in [0.4, 0.5) is 0 Å². The first-order chi connectivity index (χ1) is 19.0. The number of rotatable bonds is 8. The number of hydrogen-bond donors (Lipinski definition) is 0. The van der Waals surface area contributed by atoms with E-state index in [1.54, 1.807) is 12.1 Å². The molecule has 1 aromatic carbocycles. The van der Waals surface area contributed by atoms with Gasteiger partial charge in [-0.1, -0.05) is 77.7 Å². The standard InChI is InChI=1S/C35H48O5.Na/c1-21(2)9-8-10-22(3)27-13-14-28-31-29(16-18-35(27,28)5)34(4)17-15-24(19-23(34)20-30(31)36)40-33(39)26-12-7-6-11-25(26)32(37)38;/h6-7,11-12,20-22,24,27-29,31H,8-10,13-19H2,1-5H3,(H,37,38);/q;+1/p-1/t22-,24+,27-,28+,29+,31+,34+,35-;/m1./s1. The molecular weight excluding hydrogens is 523 g/mol. The summed E-state index contributed by atoms with van der Waals surface area (Å²) in [6.07, 6.45) is 12.3. The Morgan fingerprint density at radius 3 is 2.37 bits per heavy atom. The molecule has 4 aliphatic carbocycles. The number of ketones is 1. The van der Waals surface area contributed by atoms with E-state index in [0.717, 1.165) is 30.8 Å². The van der Waals surface area contributed by atoms with E-state index in [4.69, 9.17) is 4.74 Å². The molecule has 0 aliphatic heterocycles. The number of aromatic carboxylic acids is 1. The van der Waals surface area contributed by atoms with Crippen molar-refractivity contribution in [2.45, 2.75) is 105 Å². The Labute approximate surface area is 268 Å². The third-order valence-electron chi connectivity index (χ3n) is 11.7. The summed E-state index contributed by atoms with van der Waals surface area (Å²) in [5.74, 6) is 1.35. The van der Waals surface area contributed by atoms with E-state index in [1.807, 2.05) is 6.08 Å². The van der Waals surface area contributed by atoms with Gasteiger partial charge in [0.05, 0.1) is 11.5 Å². The van der Waals surface area contributed by atoms with Crippen molar-refractivity contribution in [2.75, 3.05) is 0 Å². The Balaban J connectivity index is 0.00000387. The molecule has 41 heavy (non-hydrogen) atoms. The zero-order valence-corrected chi connectivity index (χ0v) is 28.0. The number of ether oxygens (including phenoxy) is 1. The van der Waals surface area contributed by atoms with Crippen LogP contribution in [0.2, 0.25) is 0 Å². The fourth-order valence-electron chi connectivity index (χ4n) is 9.55. The van der Waals surface area contributed by atoms with Crippen LogP contribution < -0.4 is 34.7 Å². The van der Waals surface area contributed by atoms with Crippen LogP contribution in [-0.4, -0.2) is 23.8 Å². The Hall–Kier alpha value is -1.43. The summed E-state index contributed by atoms with van der Waals surface area (Å²) in [5.41, 5.74) is 1.18. The smallest absolute Gasteiger partial charge is 0.545 e. The number of hydrogen-bond acceptors (Lipinski definition) is 5. The van der Waals surface area contributed by atoms with Crippen molar-refractivity contribution in [3.05, 3.63) is 47.0 Å². The van der Waals surface area contributed by atoms with Gasteiger partial charge in [0.25, 0.3) is 0 Å². The predicted molar refractivity (Wildman–Crippen MR) is 153 cm³/mol. The molecular formula is C35H47NaO5. The summed E-state index contributed by atoms with van der Waals surface area (Å²) in [6.45, 7) is 11.9. The van der Waals surface area contributed by atoms with Crippen LogP contribution in [0.1, 0.15) is 120 Å². The average molecular weight is 571 g/mol. The van der Waals surface area contributed by atoms with Crippen LogP contribution in [-0.2, 0) is 9.53 Å². The molecule has 5 rings (SSSR count). The van der Waals surface area contributed by atoms with Gasteiger partial charge in [0, 0.05) is 17.9 Å². The van der Waals surface area contributed by atoms with E-state index in [-0.39, 0.29) is 69.3 Å². The van der Waals surface area contributed by atoms with Gasteiger partial charge in [-0.3, -0.25) is 4.79 Å². The summed E-state index contributed by atoms with van der Waals surface area (Å²) in [7, 11) is 0. The van der Waals surface area contributed by atoms with Crippen molar-refractivity contribution < 1.29 is 53.8 Å². The monoisotopic (exact) mass is 570 g/mol. The van der Waals surface area contributed by atoms with Crippen molar-refractivity contribution in [3.8, 4) is 0 Å². The maximum absolute atomic E-state index is 13.8. The van der Waals surface area contributed by atoms with E-state index in [2.05, 4.69) is 34.6 Å². The van der Waals surface area contributed by atoms with Crippen LogP contribution in [0.5, 0.6) is 0 Å². The fraction of sp³-hybridized carbons (Fsp3) is 0.686. The van der Waals surface area contributed by atoms with Gasteiger partial charge >= 0.3 is 35.5 Å². The van der Waals surface area contributed by atoms with Crippen LogP contribution in [0.25, 0.3) is 0 Å². The largest absolute Gasteiger partial charge is 1.00 e. The molecule has 0 bridgehead atoms. The van der Waals surface area contributed by atoms with Crippen LogP contribution in [0.15, 0.2) is 35.9 Å². The van der Waals surface area contributed by atoms with Gasteiger partial charge < -0.3 is 14.6 Å². The minimum Gasteiger partial charge on any atom is -0.545 e. The van der Waals surface area contributed by atoms with Crippen molar-refractivity contribution >= 4 is 17.7 Å². The second-order valence-electron chi connectivity index (χ2n) is 14.4. The zero-order chi connectivity index (χ0) is 28.8. The fourth-order valence-corrected chi connectivity index (χ4v) is 9.55. The van der Waals surface area contributed by atoms with E-state index in [1.165, 1.54) is 50.7 Å². The van der Waals surface area contributed by atoms with Crippen LogP contribution in [0.3, 0.4) is 0 Å². The number of carbonyl (C=O) groups excluding carboxylic acids is 3. The Kier molecular flexibility index (Phi) is 10.0. The molecule has 6 heteroatoms. The number of carbonyl (C=O) groups is 3. The first kappa shape index (κ1) is 32.5. The third kappa shape index (κ3) is 6.02. The molecule has 5 nitrogen and oxygen atoms in total. The van der Waals surface area contributed by atoms with E-state index < -0.39 is 11.9 Å². The Morgan fingerprint density at radius 2 is 1.68 bits per heavy atom. The molecule has 0 spiro atoms. The minimum atomic E-state index is -1.39. The van der Waals surface area contributed by atoms with Crippen molar-refractivity contribution in [1.29, 1.82) is 0 Å². The molecule has 0 saturated heterocycles. The summed E-state index contributed by atoms with van der Waals surface area (Å²) >= 11 is 0. The molecule has 8 atom stereocenters. The Morgan fingerprint density at radius 1 is 0.976 bits per heavy atom. The van der Waals surface area contributed by atoms with Gasteiger partial charge in [0.2, 0.25) is 0 Å². The van der Waals surface area contributed by atoms with Gasteiger partial charge in [0.1, 0.15) is 6.10 Å². The SMILES string of the molecule is CC(C)CCC[C@@H](C)[C@H]1CC[C@H]2[C@@H]3C(=O)C=C4C[C@@H](OC(=O)c5ccccc5C(=O)[O-])CC[C@]4(C)[C@H]3CC[C@]12C.[Na+]. The zero-order valence-electron chi connectivity index (χ0n) is 26.0.